The molecule has 0 aromatic heterocycles. The SMILES string of the molecule is Br.NC1O[C@H](CO)[C@@H](O)[C@H](O)[C@H]1O. The van der Waals surface area contributed by atoms with Gasteiger partial charge in [0, 0.05) is 0 Å². The molecule has 80 valence electrons. The molecule has 13 heavy (non-hydrogen) atoms. The van der Waals surface area contributed by atoms with Crippen LogP contribution in [-0.2, 0) is 4.74 Å². The number of halogens is 1. The highest BCUT2D eigenvalue weighted by Crippen LogP contribution is 2.17. The lowest BCUT2D eigenvalue weighted by atomic mass is 9.99. The van der Waals surface area contributed by atoms with Crippen LogP contribution in [0.2, 0.25) is 0 Å². The highest BCUT2D eigenvalue weighted by molar-refractivity contribution is 8.93. The van der Waals surface area contributed by atoms with Gasteiger partial charge in [-0.05, 0) is 0 Å². The van der Waals surface area contributed by atoms with Gasteiger partial charge in [-0.15, -0.1) is 17.0 Å². The molecule has 1 aliphatic rings. The standard InChI is InChI=1S/C6H13NO5.BrH/c7-6-5(11)4(10)3(9)2(1-8)12-6;/h2-6,8-11H,1,7H2;1H/t2-,3-,4+,5-,6?;/m1./s1. The Kier molecular flexibility index (Phi) is 5.30. The third-order valence-corrected chi connectivity index (χ3v) is 1.93. The molecule has 1 fully saturated rings. The smallest absolute Gasteiger partial charge is 0.135 e. The summed E-state index contributed by atoms with van der Waals surface area (Å²) in [7, 11) is 0. The summed E-state index contributed by atoms with van der Waals surface area (Å²) in [5.41, 5.74) is 5.24. The zero-order chi connectivity index (χ0) is 9.30. The number of aliphatic hydroxyl groups is 4. The van der Waals surface area contributed by atoms with Gasteiger partial charge >= 0.3 is 0 Å². The minimum absolute atomic E-state index is 0. The fraction of sp³-hybridized carbons (Fsp3) is 1.00. The molecule has 1 heterocycles. The maximum Gasteiger partial charge on any atom is 0.135 e. The number of hydrogen-bond acceptors (Lipinski definition) is 6. The first-order valence-electron chi connectivity index (χ1n) is 3.64. The lowest BCUT2D eigenvalue weighted by Gasteiger charge is -2.38. The van der Waals surface area contributed by atoms with Crippen molar-refractivity contribution in [2.75, 3.05) is 6.61 Å². The fourth-order valence-corrected chi connectivity index (χ4v) is 1.13. The summed E-state index contributed by atoms with van der Waals surface area (Å²) in [4.78, 5) is 0. The summed E-state index contributed by atoms with van der Waals surface area (Å²) in [5, 5.41) is 36.1. The quantitative estimate of drug-likeness (QED) is 0.351. The van der Waals surface area contributed by atoms with Gasteiger partial charge in [0.05, 0.1) is 6.61 Å². The molecule has 6 nitrogen and oxygen atoms in total. The third kappa shape index (κ3) is 2.59. The van der Waals surface area contributed by atoms with E-state index in [2.05, 4.69) is 0 Å². The van der Waals surface area contributed by atoms with Crippen LogP contribution in [0, 0.1) is 0 Å². The van der Waals surface area contributed by atoms with Crippen molar-refractivity contribution in [3.63, 3.8) is 0 Å². The van der Waals surface area contributed by atoms with Crippen LogP contribution in [0.25, 0.3) is 0 Å². The highest BCUT2D eigenvalue weighted by Gasteiger charge is 2.41. The molecule has 0 radical (unpaired) electrons. The topological polar surface area (TPSA) is 116 Å². The molecule has 6 N–H and O–H groups in total. The number of ether oxygens (including phenoxy) is 1. The molecule has 0 bridgehead atoms. The van der Waals surface area contributed by atoms with Crippen LogP contribution in [0.5, 0.6) is 0 Å². The molecule has 1 unspecified atom stereocenters. The molecule has 0 amide bonds. The fourth-order valence-electron chi connectivity index (χ4n) is 1.13. The van der Waals surface area contributed by atoms with Gasteiger partial charge in [0.1, 0.15) is 30.6 Å². The number of hydrogen-bond donors (Lipinski definition) is 5. The maximum absolute atomic E-state index is 9.18. The van der Waals surface area contributed by atoms with Crippen LogP contribution in [0.3, 0.4) is 0 Å². The Hall–Kier alpha value is 0.240. The highest BCUT2D eigenvalue weighted by atomic mass is 79.9. The molecule has 0 aromatic carbocycles. The van der Waals surface area contributed by atoms with Crippen LogP contribution >= 0.6 is 17.0 Å². The third-order valence-electron chi connectivity index (χ3n) is 1.93. The van der Waals surface area contributed by atoms with E-state index in [9.17, 15) is 5.11 Å². The number of aliphatic hydroxyl groups excluding tert-OH is 4. The Morgan fingerprint density at radius 2 is 1.62 bits per heavy atom. The van der Waals surface area contributed by atoms with Gasteiger partial charge in [0.15, 0.2) is 0 Å². The molecule has 1 rings (SSSR count). The molecule has 0 saturated carbocycles. The van der Waals surface area contributed by atoms with Crippen LogP contribution in [0.4, 0.5) is 0 Å². The Labute approximate surface area is 85.7 Å². The predicted octanol–water partition coefficient (Wildman–Crippen LogP) is -2.68. The average Bonchev–Trinajstić information content (AvgIpc) is 2.08. The number of rotatable bonds is 1. The van der Waals surface area contributed by atoms with Crippen LogP contribution in [0.1, 0.15) is 0 Å². The Morgan fingerprint density at radius 3 is 2.08 bits per heavy atom. The van der Waals surface area contributed by atoms with Crippen molar-refractivity contribution in [2.45, 2.75) is 30.6 Å². The van der Waals surface area contributed by atoms with E-state index in [0.29, 0.717) is 0 Å². The first-order valence-corrected chi connectivity index (χ1v) is 3.64. The second-order valence-electron chi connectivity index (χ2n) is 2.79. The van der Waals surface area contributed by atoms with Gasteiger partial charge in [0.25, 0.3) is 0 Å². The van der Waals surface area contributed by atoms with E-state index in [0.717, 1.165) is 0 Å². The van der Waals surface area contributed by atoms with Gasteiger partial charge in [-0.2, -0.15) is 0 Å². The lowest BCUT2D eigenvalue weighted by molar-refractivity contribution is -0.227. The van der Waals surface area contributed by atoms with Crippen molar-refractivity contribution >= 4 is 17.0 Å². The Bertz CT molecular complexity index is 155. The molecule has 1 saturated heterocycles. The maximum atomic E-state index is 9.18. The molecule has 0 aromatic rings. The monoisotopic (exact) mass is 259 g/mol. The van der Waals surface area contributed by atoms with Gasteiger partial charge in [-0.3, -0.25) is 0 Å². The summed E-state index contributed by atoms with van der Waals surface area (Å²) in [6.45, 7) is -0.446. The molecular formula is C6H14BrNO5. The first-order chi connectivity index (χ1) is 5.57. The molecule has 1 aliphatic heterocycles. The van der Waals surface area contributed by atoms with Crippen molar-refractivity contribution in [3.05, 3.63) is 0 Å². The molecule has 0 aliphatic carbocycles. The molecular weight excluding hydrogens is 246 g/mol. The van der Waals surface area contributed by atoms with Crippen molar-refractivity contribution in [1.82, 2.24) is 0 Å². The van der Waals surface area contributed by atoms with E-state index in [1.807, 2.05) is 0 Å². The van der Waals surface area contributed by atoms with Crippen molar-refractivity contribution in [1.29, 1.82) is 0 Å². The van der Waals surface area contributed by atoms with E-state index in [4.69, 9.17) is 25.8 Å². The average molecular weight is 260 g/mol. The number of nitrogens with two attached hydrogens (primary N) is 1. The summed E-state index contributed by atoms with van der Waals surface area (Å²) >= 11 is 0. The van der Waals surface area contributed by atoms with Gasteiger partial charge in [-0.25, -0.2) is 0 Å². The Morgan fingerprint density at radius 1 is 1.08 bits per heavy atom. The van der Waals surface area contributed by atoms with Crippen LogP contribution in [-0.4, -0.2) is 57.7 Å². The van der Waals surface area contributed by atoms with E-state index in [-0.39, 0.29) is 17.0 Å². The van der Waals surface area contributed by atoms with Crippen LogP contribution < -0.4 is 5.73 Å². The lowest BCUT2D eigenvalue weighted by Crippen LogP contribution is -2.61. The second kappa shape index (κ2) is 5.20. The predicted molar refractivity (Wildman–Crippen MR) is 48.3 cm³/mol. The zero-order valence-corrected chi connectivity index (χ0v) is 8.49. The minimum Gasteiger partial charge on any atom is -0.394 e. The van der Waals surface area contributed by atoms with Gasteiger partial charge in [0.2, 0.25) is 0 Å². The summed E-state index contributed by atoms with van der Waals surface area (Å²) in [5.74, 6) is 0. The minimum atomic E-state index is -1.37. The first kappa shape index (κ1) is 13.2. The summed E-state index contributed by atoms with van der Waals surface area (Å²) in [6, 6.07) is 0. The van der Waals surface area contributed by atoms with Crippen molar-refractivity contribution in [3.8, 4) is 0 Å². The second-order valence-corrected chi connectivity index (χ2v) is 2.79. The van der Waals surface area contributed by atoms with Gasteiger partial charge < -0.3 is 30.9 Å². The van der Waals surface area contributed by atoms with Gasteiger partial charge in [-0.1, -0.05) is 0 Å². The van der Waals surface area contributed by atoms with E-state index in [1.165, 1.54) is 0 Å². The summed E-state index contributed by atoms with van der Waals surface area (Å²) in [6.07, 6.45) is -5.99. The van der Waals surface area contributed by atoms with E-state index < -0.39 is 37.3 Å². The zero-order valence-electron chi connectivity index (χ0n) is 6.78. The van der Waals surface area contributed by atoms with Crippen molar-refractivity contribution in [2.24, 2.45) is 5.73 Å². The summed E-state index contributed by atoms with van der Waals surface area (Å²) < 4.78 is 4.80. The molecule has 7 heteroatoms. The van der Waals surface area contributed by atoms with Crippen LogP contribution in [0.15, 0.2) is 0 Å². The van der Waals surface area contributed by atoms with E-state index in [1.54, 1.807) is 0 Å². The molecule has 5 atom stereocenters. The van der Waals surface area contributed by atoms with E-state index >= 15 is 0 Å². The Balaban J connectivity index is 0.00000144. The normalized spacial score (nSPS) is 45.5. The largest absolute Gasteiger partial charge is 0.394 e. The van der Waals surface area contributed by atoms with Crippen molar-refractivity contribution < 1.29 is 25.2 Å². The molecule has 0 spiro atoms.